The molecule has 0 aromatic heterocycles. The number of aryl methyl sites for hydroxylation is 1. The van der Waals surface area contributed by atoms with Crippen LogP contribution in [0.4, 0.5) is 5.69 Å². The molecule has 2 aromatic rings. The normalized spacial score (nSPS) is 14.8. The molecule has 1 heterocycles. The number of carbonyl (C=O) groups excluding carboxylic acids is 1. The molecule has 1 amide bonds. The number of amides is 1. The third kappa shape index (κ3) is 5.73. The minimum Gasteiger partial charge on any atom is -0.497 e. The fourth-order valence-corrected chi connectivity index (χ4v) is 3.28. The highest BCUT2D eigenvalue weighted by molar-refractivity contribution is 5.76. The van der Waals surface area contributed by atoms with Gasteiger partial charge in [0.15, 0.2) is 0 Å². The maximum absolute atomic E-state index is 12.1. The van der Waals surface area contributed by atoms with E-state index in [0.717, 1.165) is 44.0 Å². The van der Waals surface area contributed by atoms with Crippen molar-refractivity contribution in [3.63, 3.8) is 0 Å². The van der Waals surface area contributed by atoms with Gasteiger partial charge in [0.2, 0.25) is 5.91 Å². The van der Waals surface area contributed by atoms with E-state index in [2.05, 4.69) is 58.4 Å². The summed E-state index contributed by atoms with van der Waals surface area (Å²) < 4.78 is 5.22. The van der Waals surface area contributed by atoms with Crippen LogP contribution in [0.15, 0.2) is 48.5 Å². The Morgan fingerprint density at radius 1 is 1.00 bits per heavy atom. The van der Waals surface area contributed by atoms with E-state index in [9.17, 15) is 4.79 Å². The molecule has 2 aromatic carbocycles. The summed E-state index contributed by atoms with van der Waals surface area (Å²) in [5.41, 5.74) is 3.60. The number of rotatable bonds is 7. The van der Waals surface area contributed by atoms with Gasteiger partial charge in [-0.2, -0.15) is 0 Å². The number of hydrogen-bond donors (Lipinski definition) is 1. The van der Waals surface area contributed by atoms with E-state index in [1.165, 1.54) is 11.3 Å². The Morgan fingerprint density at radius 2 is 1.67 bits per heavy atom. The summed E-state index contributed by atoms with van der Waals surface area (Å²) in [5, 5.41) is 3.02. The van der Waals surface area contributed by atoms with Gasteiger partial charge < -0.3 is 15.0 Å². The summed E-state index contributed by atoms with van der Waals surface area (Å²) in [5.74, 6) is 1.00. The Kier molecular flexibility index (Phi) is 6.71. The monoisotopic (exact) mass is 367 g/mol. The Hall–Kier alpha value is -2.53. The molecule has 27 heavy (non-hydrogen) atoms. The minimum atomic E-state index is 0.119. The maximum Gasteiger partial charge on any atom is 0.221 e. The van der Waals surface area contributed by atoms with Gasteiger partial charge in [0, 0.05) is 51.4 Å². The second-order valence-electron chi connectivity index (χ2n) is 7.04. The summed E-state index contributed by atoms with van der Waals surface area (Å²) in [6.45, 7) is 7.42. The fourth-order valence-electron chi connectivity index (χ4n) is 3.28. The van der Waals surface area contributed by atoms with Crippen molar-refractivity contribution in [1.29, 1.82) is 0 Å². The van der Waals surface area contributed by atoms with Gasteiger partial charge in [-0.25, -0.2) is 0 Å². The first-order chi connectivity index (χ1) is 13.1. The second-order valence-corrected chi connectivity index (χ2v) is 7.04. The average molecular weight is 367 g/mol. The van der Waals surface area contributed by atoms with Crippen molar-refractivity contribution in [1.82, 2.24) is 10.2 Å². The zero-order valence-electron chi connectivity index (χ0n) is 16.3. The lowest BCUT2D eigenvalue weighted by atomic mass is 10.1. The molecule has 5 nitrogen and oxygen atoms in total. The van der Waals surface area contributed by atoms with Crippen LogP contribution in [0, 0.1) is 6.92 Å². The topological polar surface area (TPSA) is 44.8 Å². The van der Waals surface area contributed by atoms with Gasteiger partial charge in [0.05, 0.1) is 7.11 Å². The summed E-state index contributed by atoms with van der Waals surface area (Å²) in [7, 11) is 1.69. The standard InChI is InChI=1S/C22H29N3O2/c1-18-3-5-19(6-4-18)17-23-22(26)11-12-24-13-15-25(16-14-24)20-7-9-21(27-2)10-8-20/h3-10H,11-17H2,1-2H3,(H,23,26). The predicted octanol–water partition coefficient (Wildman–Crippen LogP) is 2.83. The van der Waals surface area contributed by atoms with E-state index < -0.39 is 0 Å². The highest BCUT2D eigenvalue weighted by atomic mass is 16.5. The highest BCUT2D eigenvalue weighted by Gasteiger charge is 2.17. The van der Waals surface area contributed by atoms with E-state index in [4.69, 9.17) is 4.74 Å². The molecule has 3 rings (SSSR count). The number of anilines is 1. The van der Waals surface area contributed by atoms with E-state index >= 15 is 0 Å². The largest absolute Gasteiger partial charge is 0.497 e. The first-order valence-corrected chi connectivity index (χ1v) is 9.57. The van der Waals surface area contributed by atoms with Crippen molar-refractivity contribution in [2.75, 3.05) is 44.7 Å². The van der Waals surface area contributed by atoms with Crippen LogP contribution in [0.1, 0.15) is 17.5 Å². The van der Waals surface area contributed by atoms with Crippen molar-refractivity contribution < 1.29 is 9.53 Å². The molecule has 0 spiro atoms. The van der Waals surface area contributed by atoms with Crippen molar-refractivity contribution in [2.24, 2.45) is 0 Å². The summed E-state index contributed by atoms with van der Waals surface area (Å²) in [6, 6.07) is 16.5. The van der Waals surface area contributed by atoms with Crippen LogP contribution in [0.25, 0.3) is 0 Å². The molecule has 1 saturated heterocycles. The van der Waals surface area contributed by atoms with Crippen LogP contribution in [0.2, 0.25) is 0 Å². The maximum atomic E-state index is 12.1. The van der Waals surface area contributed by atoms with Gasteiger partial charge in [0.25, 0.3) is 0 Å². The van der Waals surface area contributed by atoms with Crippen LogP contribution in [-0.4, -0.2) is 50.6 Å². The molecule has 0 bridgehead atoms. The number of methoxy groups -OCH3 is 1. The minimum absolute atomic E-state index is 0.119. The number of ether oxygens (including phenoxy) is 1. The SMILES string of the molecule is COc1ccc(N2CCN(CCC(=O)NCc3ccc(C)cc3)CC2)cc1. The first-order valence-electron chi connectivity index (χ1n) is 9.57. The van der Waals surface area contributed by atoms with Crippen LogP contribution >= 0.6 is 0 Å². The quantitative estimate of drug-likeness (QED) is 0.817. The van der Waals surface area contributed by atoms with Crippen LogP contribution in [0.3, 0.4) is 0 Å². The van der Waals surface area contributed by atoms with Gasteiger partial charge in [-0.3, -0.25) is 9.69 Å². The summed E-state index contributed by atoms with van der Waals surface area (Å²) >= 11 is 0. The molecule has 1 N–H and O–H groups in total. The van der Waals surface area contributed by atoms with Crippen LogP contribution in [0.5, 0.6) is 5.75 Å². The van der Waals surface area contributed by atoms with Crippen LogP contribution < -0.4 is 15.0 Å². The smallest absolute Gasteiger partial charge is 0.221 e. The van der Waals surface area contributed by atoms with Crippen molar-refractivity contribution >= 4 is 11.6 Å². The Bertz CT molecular complexity index is 720. The summed E-state index contributed by atoms with van der Waals surface area (Å²) in [4.78, 5) is 16.9. The fraction of sp³-hybridized carbons (Fsp3) is 0.409. The van der Waals surface area contributed by atoms with Crippen molar-refractivity contribution in [2.45, 2.75) is 19.9 Å². The van der Waals surface area contributed by atoms with E-state index in [0.29, 0.717) is 13.0 Å². The van der Waals surface area contributed by atoms with Crippen LogP contribution in [-0.2, 0) is 11.3 Å². The Labute approximate surface area is 161 Å². The number of benzene rings is 2. The van der Waals surface area contributed by atoms with Gasteiger partial charge in [-0.1, -0.05) is 29.8 Å². The molecule has 0 saturated carbocycles. The third-order valence-corrected chi connectivity index (χ3v) is 5.08. The van der Waals surface area contributed by atoms with Crippen molar-refractivity contribution in [3.05, 3.63) is 59.7 Å². The molecule has 0 atom stereocenters. The molecular formula is C22H29N3O2. The number of piperazine rings is 1. The molecule has 5 heteroatoms. The molecule has 0 radical (unpaired) electrons. The third-order valence-electron chi connectivity index (χ3n) is 5.08. The molecule has 1 aliphatic heterocycles. The van der Waals surface area contributed by atoms with Gasteiger partial charge >= 0.3 is 0 Å². The zero-order valence-corrected chi connectivity index (χ0v) is 16.3. The second kappa shape index (κ2) is 9.42. The molecular weight excluding hydrogens is 338 g/mol. The lowest BCUT2D eigenvalue weighted by molar-refractivity contribution is -0.121. The number of carbonyl (C=O) groups is 1. The van der Waals surface area contributed by atoms with Gasteiger partial charge in [-0.05, 0) is 36.8 Å². The zero-order chi connectivity index (χ0) is 19.1. The van der Waals surface area contributed by atoms with E-state index in [1.807, 2.05) is 12.1 Å². The first kappa shape index (κ1) is 19.2. The lowest BCUT2D eigenvalue weighted by Crippen LogP contribution is -2.47. The lowest BCUT2D eigenvalue weighted by Gasteiger charge is -2.36. The number of nitrogens with zero attached hydrogens (tertiary/aromatic N) is 2. The number of hydrogen-bond acceptors (Lipinski definition) is 4. The van der Waals surface area contributed by atoms with Crippen molar-refractivity contribution in [3.8, 4) is 5.75 Å². The number of nitrogens with one attached hydrogen (secondary N) is 1. The molecule has 0 aliphatic carbocycles. The highest BCUT2D eigenvalue weighted by Crippen LogP contribution is 2.20. The molecule has 0 unspecified atom stereocenters. The molecule has 1 fully saturated rings. The van der Waals surface area contributed by atoms with E-state index in [1.54, 1.807) is 7.11 Å². The predicted molar refractivity (Wildman–Crippen MR) is 109 cm³/mol. The van der Waals surface area contributed by atoms with Gasteiger partial charge in [-0.15, -0.1) is 0 Å². The van der Waals surface area contributed by atoms with E-state index in [-0.39, 0.29) is 5.91 Å². The average Bonchev–Trinajstić information content (AvgIpc) is 2.72. The molecule has 144 valence electrons. The Morgan fingerprint density at radius 3 is 2.30 bits per heavy atom. The summed E-state index contributed by atoms with van der Waals surface area (Å²) in [6.07, 6.45) is 0.550. The Balaban J connectivity index is 1.36. The molecule has 1 aliphatic rings. The van der Waals surface area contributed by atoms with Gasteiger partial charge in [0.1, 0.15) is 5.75 Å².